The molecule has 2 aromatic rings. The van der Waals surface area contributed by atoms with Gasteiger partial charge in [0.05, 0.1) is 22.2 Å². The van der Waals surface area contributed by atoms with Crippen LogP contribution in [-0.2, 0) is 23.6 Å². The van der Waals surface area contributed by atoms with Crippen LogP contribution in [0.4, 0.5) is 5.69 Å². The summed E-state index contributed by atoms with van der Waals surface area (Å²) < 4.78 is 13.8. The van der Waals surface area contributed by atoms with Crippen molar-refractivity contribution in [2.75, 3.05) is 5.73 Å². The molecular weight excluding hydrogens is 270 g/mol. The minimum atomic E-state index is -1.17. The van der Waals surface area contributed by atoms with Crippen molar-refractivity contribution < 1.29 is 4.21 Å². The number of hydrogen-bond acceptors (Lipinski definition) is 3. The second-order valence-corrected chi connectivity index (χ2v) is 5.85. The third-order valence-electron chi connectivity index (χ3n) is 2.67. The van der Waals surface area contributed by atoms with Crippen LogP contribution in [0.1, 0.15) is 11.3 Å². The number of rotatable bonds is 3. The van der Waals surface area contributed by atoms with Gasteiger partial charge in [-0.25, -0.2) is 0 Å². The number of nitrogen functional groups attached to an aromatic ring is 1. The van der Waals surface area contributed by atoms with E-state index in [-0.39, 0.29) is 0 Å². The van der Waals surface area contributed by atoms with Crippen LogP contribution in [0.25, 0.3) is 0 Å². The lowest BCUT2D eigenvalue weighted by molar-refractivity contribution is 0.682. The maximum Gasteiger partial charge on any atom is 0.131 e. The fourth-order valence-electron chi connectivity index (χ4n) is 1.71. The predicted molar refractivity (Wildman–Crippen MR) is 73.9 cm³/mol. The van der Waals surface area contributed by atoms with Crippen LogP contribution in [0.2, 0.25) is 5.15 Å². The van der Waals surface area contributed by atoms with E-state index in [4.69, 9.17) is 17.3 Å². The van der Waals surface area contributed by atoms with Crippen molar-refractivity contribution in [3.8, 4) is 0 Å². The van der Waals surface area contributed by atoms with E-state index in [0.717, 1.165) is 11.3 Å². The Morgan fingerprint density at radius 2 is 2.22 bits per heavy atom. The summed E-state index contributed by atoms with van der Waals surface area (Å²) in [6, 6.07) is 7.07. The zero-order valence-corrected chi connectivity index (χ0v) is 11.8. The van der Waals surface area contributed by atoms with Crippen LogP contribution in [0, 0.1) is 6.92 Å². The van der Waals surface area contributed by atoms with Crippen molar-refractivity contribution in [3.63, 3.8) is 0 Å². The van der Waals surface area contributed by atoms with Gasteiger partial charge in [0.1, 0.15) is 5.15 Å². The lowest BCUT2D eigenvalue weighted by Gasteiger charge is -2.03. The summed E-state index contributed by atoms with van der Waals surface area (Å²) in [6.07, 6.45) is 0. The van der Waals surface area contributed by atoms with Gasteiger partial charge in [-0.3, -0.25) is 8.89 Å². The van der Waals surface area contributed by atoms with Gasteiger partial charge in [-0.2, -0.15) is 5.10 Å². The third-order valence-corrected chi connectivity index (χ3v) is 4.47. The monoisotopic (exact) mass is 283 g/mol. The van der Waals surface area contributed by atoms with Crippen molar-refractivity contribution in [1.82, 2.24) is 9.78 Å². The molecule has 1 aromatic carbocycles. The van der Waals surface area contributed by atoms with Crippen LogP contribution in [0.15, 0.2) is 29.2 Å². The molecular formula is C12H14ClN3OS. The smallest absolute Gasteiger partial charge is 0.131 e. The Bertz CT molecular complexity index is 609. The standard InChI is InChI=1S/C12H14ClN3OS/c1-8-11(12(13)16(2)15-8)7-18(17)10-5-3-4-9(14)6-10/h3-6H,7,14H2,1-2H3. The number of nitrogens with two attached hydrogens (primary N) is 1. The molecule has 0 aliphatic carbocycles. The minimum Gasteiger partial charge on any atom is -0.399 e. The average Bonchev–Trinajstić information content (AvgIpc) is 2.56. The summed E-state index contributed by atoms with van der Waals surface area (Å²) in [7, 11) is 0.596. The third kappa shape index (κ3) is 2.57. The average molecular weight is 284 g/mol. The number of aryl methyl sites for hydroxylation is 2. The summed E-state index contributed by atoms with van der Waals surface area (Å²) in [5.74, 6) is 0.349. The lowest BCUT2D eigenvalue weighted by Crippen LogP contribution is -1.99. The lowest BCUT2D eigenvalue weighted by atomic mass is 10.3. The Morgan fingerprint density at radius 1 is 1.50 bits per heavy atom. The second kappa shape index (κ2) is 5.12. The van der Waals surface area contributed by atoms with Gasteiger partial charge in [0.15, 0.2) is 0 Å². The highest BCUT2D eigenvalue weighted by Gasteiger charge is 2.15. The van der Waals surface area contributed by atoms with Gasteiger partial charge < -0.3 is 5.73 Å². The Balaban J connectivity index is 2.27. The van der Waals surface area contributed by atoms with Crippen LogP contribution in [0.3, 0.4) is 0 Å². The Hall–Kier alpha value is -1.33. The molecule has 1 heterocycles. The van der Waals surface area contributed by atoms with E-state index >= 15 is 0 Å². The number of aromatic nitrogens is 2. The van der Waals surface area contributed by atoms with E-state index in [2.05, 4.69) is 5.10 Å². The highest BCUT2D eigenvalue weighted by molar-refractivity contribution is 7.84. The molecule has 0 aliphatic rings. The predicted octanol–water partition coefficient (Wildman–Crippen LogP) is 2.27. The van der Waals surface area contributed by atoms with E-state index in [0.29, 0.717) is 21.5 Å². The van der Waals surface area contributed by atoms with Gasteiger partial charge in [-0.05, 0) is 25.1 Å². The first kappa shape index (κ1) is 13.1. The fraction of sp³-hybridized carbons (Fsp3) is 0.250. The number of hydrogen-bond donors (Lipinski definition) is 1. The molecule has 4 nitrogen and oxygen atoms in total. The molecule has 2 rings (SSSR count). The number of anilines is 1. The second-order valence-electron chi connectivity index (χ2n) is 4.04. The zero-order valence-electron chi connectivity index (χ0n) is 10.2. The summed E-state index contributed by atoms with van der Waals surface area (Å²) in [5.41, 5.74) is 7.91. The van der Waals surface area contributed by atoms with Gasteiger partial charge in [0.2, 0.25) is 0 Å². The topological polar surface area (TPSA) is 60.9 Å². The first-order valence-electron chi connectivity index (χ1n) is 5.41. The maximum atomic E-state index is 12.2. The molecule has 96 valence electrons. The molecule has 0 radical (unpaired) electrons. The molecule has 0 amide bonds. The molecule has 2 N–H and O–H groups in total. The molecule has 1 atom stereocenters. The molecule has 6 heteroatoms. The molecule has 0 spiro atoms. The molecule has 18 heavy (non-hydrogen) atoms. The van der Waals surface area contributed by atoms with Crippen molar-refractivity contribution in [2.45, 2.75) is 17.6 Å². The molecule has 0 fully saturated rings. The maximum absolute atomic E-state index is 12.2. The number of benzene rings is 1. The largest absolute Gasteiger partial charge is 0.399 e. The van der Waals surface area contributed by atoms with E-state index < -0.39 is 10.8 Å². The Morgan fingerprint density at radius 3 is 2.78 bits per heavy atom. The summed E-state index contributed by atoms with van der Waals surface area (Å²) in [6.45, 7) is 1.86. The van der Waals surface area contributed by atoms with Crippen molar-refractivity contribution in [2.24, 2.45) is 7.05 Å². The summed E-state index contributed by atoms with van der Waals surface area (Å²) in [5, 5.41) is 4.73. The quantitative estimate of drug-likeness (QED) is 0.879. The van der Waals surface area contributed by atoms with Gasteiger partial charge in [0.25, 0.3) is 0 Å². The first-order valence-corrected chi connectivity index (χ1v) is 7.10. The fourth-order valence-corrected chi connectivity index (χ4v) is 3.30. The highest BCUT2D eigenvalue weighted by Crippen LogP contribution is 2.23. The Labute approximate surface area is 113 Å². The van der Waals surface area contributed by atoms with E-state index in [1.54, 1.807) is 36.0 Å². The number of halogens is 1. The van der Waals surface area contributed by atoms with Crippen molar-refractivity contribution in [1.29, 1.82) is 0 Å². The number of nitrogens with zero attached hydrogens (tertiary/aromatic N) is 2. The van der Waals surface area contributed by atoms with Crippen LogP contribution < -0.4 is 5.73 Å². The summed E-state index contributed by atoms with van der Waals surface area (Å²) >= 11 is 6.12. The van der Waals surface area contributed by atoms with Crippen LogP contribution in [0.5, 0.6) is 0 Å². The Kier molecular flexibility index (Phi) is 3.73. The molecule has 0 saturated carbocycles. The van der Waals surface area contributed by atoms with Crippen LogP contribution in [-0.4, -0.2) is 14.0 Å². The van der Waals surface area contributed by atoms with E-state index in [1.807, 2.05) is 6.92 Å². The van der Waals surface area contributed by atoms with E-state index in [9.17, 15) is 4.21 Å². The van der Waals surface area contributed by atoms with Gasteiger partial charge >= 0.3 is 0 Å². The SMILES string of the molecule is Cc1nn(C)c(Cl)c1CS(=O)c1cccc(N)c1. The molecule has 0 aliphatic heterocycles. The van der Waals surface area contributed by atoms with Gasteiger partial charge in [-0.1, -0.05) is 17.7 Å². The highest BCUT2D eigenvalue weighted by atomic mass is 35.5. The van der Waals surface area contributed by atoms with Gasteiger partial charge in [0, 0.05) is 23.2 Å². The first-order chi connectivity index (χ1) is 8.49. The normalized spacial score (nSPS) is 12.6. The molecule has 0 bridgehead atoms. The molecule has 1 unspecified atom stereocenters. The van der Waals surface area contributed by atoms with Gasteiger partial charge in [-0.15, -0.1) is 0 Å². The van der Waals surface area contributed by atoms with Crippen molar-refractivity contribution in [3.05, 3.63) is 40.7 Å². The molecule has 0 saturated heterocycles. The summed E-state index contributed by atoms with van der Waals surface area (Å²) in [4.78, 5) is 0.703. The zero-order chi connectivity index (χ0) is 13.3. The van der Waals surface area contributed by atoms with E-state index in [1.165, 1.54) is 0 Å². The van der Waals surface area contributed by atoms with Crippen LogP contribution >= 0.6 is 11.6 Å². The minimum absolute atomic E-state index is 0.349. The molecule has 1 aromatic heterocycles. The van der Waals surface area contributed by atoms with Crippen molar-refractivity contribution >= 4 is 28.1 Å².